The van der Waals surface area contributed by atoms with Crippen LogP contribution in [0.5, 0.6) is 0 Å². The third-order valence-corrected chi connectivity index (χ3v) is 5.64. The zero-order chi connectivity index (χ0) is 18.5. The molecule has 7 heteroatoms. The maximum Gasteiger partial charge on any atom is 0.303 e. The number of pyridine rings is 1. The second kappa shape index (κ2) is 8.49. The summed E-state index contributed by atoms with van der Waals surface area (Å²) in [6.07, 6.45) is 5.55. The first-order valence-corrected chi connectivity index (χ1v) is 9.44. The molecule has 0 aromatic carbocycles. The Hall–Kier alpha value is -2.15. The van der Waals surface area contributed by atoms with Gasteiger partial charge in [-0.2, -0.15) is 0 Å². The molecule has 142 valence electrons. The lowest BCUT2D eigenvalue weighted by Crippen LogP contribution is -2.55. The number of carbonyl (C=O) groups is 2. The average molecular weight is 360 g/mol. The zero-order valence-corrected chi connectivity index (χ0v) is 15.4. The molecule has 2 fully saturated rings. The Morgan fingerprint density at radius 3 is 2.31 bits per heavy atom. The first kappa shape index (κ1) is 18.6. The number of carboxylic acids is 1. The maximum absolute atomic E-state index is 12.9. The molecular formula is C19H28N4O3. The minimum atomic E-state index is -0.723. The Bertz CT molecular complexity index is 608. The summed E-state index contributed by atoms with van der Waals surface area (Å²) in [6.45, 7) is 6.74. The lowest BCUT2D eigenvalue weighted by Gasteiger charge is -2.40. The topological polar surface area (TPSA) is 77.0 Å². The van der Waals surface area contributed by atoms with Crippen molar-refractivity contribution < 1.29 is 14.7 Å². The van der Waals surface area contributed by atoms with Crippen molar-refractivity contribution in [2.24, 2.45) is 5.92 Å². The van der Waals surface area contributed by atoms with Gasteiger partial charge in [-0.05, 0) is 50.9 Å². The lowest BCUT2D eigenvalue weighted by molar-refractivity contribution is -0.140. The fourth-order valence-electron chi connectivity index (χ4n) is 3.95. The number of hydrogen-bond donors (Lipinski definition) is 1. The van der Waals surface area contributed by atoms with Crippen molar-refractivity contribution in [2.75, 3.05) is 44.2 Å². The van der Waals surface area contributed by atoms with Crippen LogP contribution in [0.1, 0.15) is 26.2 Å². The highest BCUT2D eigenvalue weighted by Crippen LogP contribution is 2.23. The van der Waals surface area contributed by atoms with Crippen molar-refractivity contribution >= 4 is 17.6 Å². The Balaban J connectivity index is 1.47. The number of piperazine rings is 1. The van der Waals surface area contributed by atoms with Crippen molar-refractivity contribution in [3.63, 3.8) is 0 Å². The van der Waals surface area contributed by atoms with Crippen LogP contribution in [-0.2, 0) is 9.59 Å². The Kier molecular flexibility index (Phi) is 6.08. The van der Waals surface area contributed by atoms with Crippen molar-refractivity contribution in [1.29, 1.82) is 0 Å². The number of carboxylic acid groups (broad SMARTS) is 1. The first-order valence-electron chi connectivity index (χ1n) is 9.44. The van der Waals surface area contributed by atoms with Crippen LogP contribution in [0.15, 0.2) is 24.5 Å². The summed E-state index contributed by atoms with van der Waals surface area (Å²) >= 11 is 0. The minimum Gasteiger partial charge on any atom is -0.481 e. The van der Waals surface area contributed by atoms with Gasteiger partial charge in [0.25, 0.3) is 0 Å². The van der Waals surface area contributed by atoms with Crippen molar-refractivity contribution in [3.8, 4) is 0 Å². The van der Waals surface area contributed by atoms with Crippen LogP contribution in [-0.4, -0.2) is 77.1 Å². The summed E-state index contributed by atoms with van der Waals surface area (Å²) in [4.78, 5) is 34.2. The van der Waals surface area contributed by atoms with Gasteiger partial charge in [0.05, 0.1) is 6.04 Å². The van der Waals surface area contributed by atoms with Crippen LogP contribution in [0.25, 0.3) is 0 Å². The van der Waals surface area contributed by atoms with Gasteiger partial charge in [0.1, 0.15) is 0 Å². The molecule has 0 aliphatic carbocycles. The highest BCUT2D eigenvalue weighted by atomic mass is 16.4. The van der Waals surface area contributed by atoms with Crippen molar-refractivity contribution in [1.82, 2.24) is 14.8 Å². The number of amides is 1. The van der Waals surface area contributed by atoms with E-state index >= 15 is 0 Å². The standard InChI is InChI=1S/C19H28N4O3/c1-15(21-8-4-16(5-9-21)14-18(24)25)19(26)23-12-10-22(11-13-23)17-2-6-20-7-3-17/h2-3,6-7,15-16H,4-5,8-14H2,1H3,(H,24,25). The SMILES string of the molecule is CC(C(=O)N1CCN(c2ccncc2)CC1)N1CCC(CC(=O)O)CC1. The molecular weight excluding hydrogens is 332 g/mol. The summed E-state index contributed by atoms with van der Waals surface area (Å²) in [6, 6.07) is 3.87. The van der Waals surface area contributed by atoms with E-state index in [9.17, 15) is 9.59 Å². The molecule has 7 nitrogen and oxygen atoms in total. The zero-order valence-electron chi connectivity index (χ0n) is 15.4. The first-order chi connectivity index (χ1) is 12.5. The second-order valence-corrected chi connectivity index (χ2v) is 7.27. The molecule has 2 aliphatic rings. The van der Waals surface area contributed by atoms with E-state index in [0.717, 1.165) is 57.8 Å². The van der Waals surface area contributed by atoms with Gasteiger partial charge in [0.15, 0.2) is 0 Å². The molecule has 26 heavy (non-hydrogen) atoms. The fourth-order valence-corrected chi connectivity index (χ4v) is 3.95. The Morgan fingerprint density at radius 1 is 1.12 bits per heavy atom. The largest absolute Gasteiger partial charge is 0.481 e. The van der Waals surface area contributed by atoms with Gasteiger partial charge in [-0.15, -0.1) is 0 Å². The van der Waals surface area contributed by atoms with Gasteiger partial charge in [0, 0.05) is 50.7 Å². The van der Waals surface area contributed by atoms with Crippen LogP contribution in [0.3, 0.4) is 0 Å². The Morgan fingerprint density at radius 2 is 1.73 bits per heavy atom. The third kappa shape index (κ3) is 4.52. The number of hydrogen-bond acceptors (Lipinski definition) is 5. The molecule has 3 rings (SSSR count). The van der Waals surface area contributed by atoms with E-state index in [0.29, 0.717) is 0 Å². The molecule has 1 aromatic rings. The molecule has 0 spiro atoms. The number of carbonyl (C=O) groups excluding carboxylic acids is 1. The van der Waals surface area contributed by atoms with E-state index < -0.39 is 5.97 Å². The second-order valence-electron chi connectivity index (χ2n) is 7.27. The van der Waals surface area contributed by atoms with Gasteiger partial charge >= 0.3 is 5.97 Å². The third-order valence-electron chi connectivity index (χ3n) is 5.64. The molecule has 1 unspecified atom stereocenters. The molecule has 0 radical (unpaired) electrons. The molecule has 1 amide bonds. The van der Waals surface area contributed by atoms with E-state index in [1.807, 2.05) is 24.0 Å². The summed E-state index contributed by atoms with van der Waals surface area (Å²) in [5.74, 6) is -0.286. The maximum atomic E-state index is 12.9. The van der Waals surface area contributed by atoms with Crippen LogP contribution in [0, 0.1) is 5.92 Å². The van der Waals surface area contributed by atoms with Gasteiger partial charge in [-0.25, -0.2) is 0 Å². The normalized spacial score (nSPS) is 20.8. The summed E-state index contributed by atoms with van der Waals surface area (Å²) < 4.78 is 0. The highest BCUT2D eigenvalue weighted by Gasteiger charge is 2.31. The fraction of sp³-hybridized carbons (Fsp3) is 0.632. The molecule has 1 N–H and O–H groups in total. The van der Waals surface area contributed by atoms with Gasteiger partial charge in [0.2, 0.25) is 5.91 Å². The number of aromatic nitrogens is 1. The van der Waals surface area contributed by atoms with Crippen LogP contribution < -0.4 is 4.90 Å². The molecule has 2 saturated heterocycles. The molecule has 1 atom stereocenters. The van der Waals surface area contributed by atoms with Crippen molar-refractivity contribution in [3.05, 3.63) is 24.5 Å². The number of piperidine rings is 1. The predicted molar refractivity (Wildman–Crippen MR) is 99.0 cm³/mol. The number of likely N-dealkylation sites (tertiary alicyclic amines) is 1. The van der Waals surface area contributed by atoms with Gasteiger partial charge in [-0.3, -0.25) is 19.5 Å². The number of rotatable bonds is 5. The minimum absolute atomic E-state index is 0.131. The van der Waals surface area contributed by atoms with Crippen LogP contribution in [0.2, 0.25) is 0 Å². The number of nitrogens with zero attached hydrogens (tertiary/aromatic N) is 4. The number of anilines is 1. The van der Waals surface area contributed by atoms with E-state index in [1.165, 1.54) is 0 Å². The lowest BCUT2D eigenvalue weighted by atomic mass is 9.93. The van der Waals surface area contributed by atoms with Gasteiger partial charge < -0.3 is 14.9 Å². The predicted octanol–water partition coefficient (Wildman–Crippen LogP) is 1.31. The van der Waals surface area contributed by atoms with E-state index in [-0.39, 0.29) is 24.3 Å². The smallest absolute Gasteiger partial charge is 0.303 e. The summed E-state index contributed by atoms with van der Waals surface area (Å²) in [5, 5.41) is 8.92. The molecule has 3 heterocycles. The van der Waals surface area contributed by atoms with Gasteiger partial charge in [-0.1, -0.05) is 0 Å². The molecule has 1 aromatic heterocycles. The Labute approximate surface area is 154 Å². The monoisotopic (exact) mass is 360 g/mol. The molecule has 0 saturated carbocycles. The summed E-state index contributed by atoms with van der Waals surface area (Å²) in [7, 11) is 0. The van der Waals surface area contributed by atoms with E-state index in [1.54, 1.807) is 12.4 Å². The van der Waals surface area contributed by atoms with E-state index in [2.05, 4.69) is 14.8 Å². The van der Waals surface area contributed by atoms with Crippen LogP contribution in [0.4, 0.5) is 5.69 Å². The van der Waals surface area contributed by atoms with Crippen LogP contribution >= 0.6 is 0 Å². The quantitative estimate of drug-likeness (QED) is 0.853. The van der Waals surface area contributed by atoms with E-state index in [4.69, 9.17) is 5.11 Å². The number of aliphatic carboxylic acids is 1. The molecule has 2 aliphatic heterocycles. The summed E-state index contributed by atoms with van der Waals surface area (Å²) in [5.41, 5.74) is 1.15. The average Bonchev–Trinajstić information content (AvgIpc) is 2.68. The van der Waals surface area contributed by atoms with Crippen molar-refractivity contribution in [2.45, 2.75) is 32.2 Å². The highest BCUT2D eigenvalue weighted by molar-refractivity contribution is 5.81. The molecule has 0 bridgehead atoms.